The van der Waals surface area contributed by atoms with Gasteiger partial charge in [0.15, 0.2) is 0 Å². The van der Waals surface area contributed by atoms with Crippen molar-refractivity contribution in [3.05, 3.63) is 63.8 Å². The Balaban J connectivity index is 1.96. The number of nitrogens with one attached hydrogen (secondary N) is 2. The van der Waals surface area contributed by atoms with E-state index in [0.717, 1.165) is 27.0 Å². The molecule has 2 aliphatic heterocycles. The van der Waals surface area contributed by atoms with Crippen LogP contribution in [-0.2, 0) is 4.79 Å². The first-order valence-electron chi connectivity index (χ1n) is 6.63. The van der Waals surface area contributed by atoms with Gasteiger partial charge in [0, 0.05) is 21.3 Å². The first-order chi connectivity index (χ1) is 10.7. The van der Waals surface area contributed by atoms with Gasteiger partial charge in [-0.1, -0.05) is 45.4 Å². The van der Waals surface area contributed by atoms with Crippen LogP contribution in [0.1, 0.15) is 11.1 Å². The Kier molecular flexibility index (Phi) is 2.80. The lowest BCUT2D eigenvalue weighted by molar-refractivity contribution is -0.110. The van der Waals surface area contributed by atoms with Gasteiger partial charge in [0.25, 0.3) is 5.91 Å². The van der Waals surface area contributed by atoms with Crippen LogP contribution in [0.3, 0.4) is 0 Å². The van der Waals surface area contributed by atoms with Gasteiger partial charge < -0.3 is 15.8 Å². The topological polar surface area (TPSA) is 73.7 Å². The molecule has 22 heavy (non-hydrogen) atoms. The average molecular weight is 356 g/mol. The van der Waals surface area contributed by atoms with Crippen LogP contribution < -0.4 is 10.6 Å². The Morgan fingerprint density at radius 1 is 1.00 bits per heavy atom. The molecule has 0 atom stereocenters. The van der Waals surface area contributed by atoms with E-state index in [9.17, 15) is 10.0 Å². The molecule has 3 N–H and O–H groups in total. The molecule has 0 saturated heterocycles. The molecule has 0 fully saturated rings. The first kappa shape index (κ1) is 13.1. The van der Waals surface area contributed by atoms with Crippen molar-refractivity contribution >= 4 is 44.5 Å². The predicted octanol–water partition coefficient (Wildman–Crippen LogP) is 3.42. The van der Waals surface area contributed by atoms with Crippen LogP contribution in [0.15, 0.2) is 57.8 Å². The highest BCUT2D eigenvalue weighted by Gasteiger charge is 2.34. The van der Waals surface area contributed by atoms with Crippen molar-refractivity contribution in [1.82, 2.24) is 0 Å². The number of anilines is 2. The molecule has 0 aromatic heterocycles. The van der Waals surface area contributed by atoms with Gasteiger partial charge >= 0.3 is 0 Å². The van der Waals surface area contributed by atoms with Gasteiger partial charge in [0.1, 0.15) is 5.71 Å². The molecule has 0 unspecified atom stereocenters. The molecule has 108 valence electrons. The van der Waals surface area contributed by atoms with Crippen molar-refractivity contribution in [2.45, 2.75) is 0 Å². The summed E-state index contributed by atoms with van der Waals surface area (Å²) in [5.41, 5.74) is 4.47. The Labute approximate surface area is 134 Å². The molecule has 0 aliphatic carbocycles. The van der Waals surface area contributed by atoms with E-state index in [-0.39, 0.29) is 5.91 Å². The maximum absolute atomic E-state index is 12.4. The lowest BCUT2D eigenvalue weighted by Crippen LogP contribution is -2.12. The largest absolute Gasteiger partial charge is 0.410 e. The van der Waals surface area contributed by atoms with E-state index in [0.29, 0.717) is 17.0 Å². The third-order valence-corrected chi connectivity index (χ3v) is 4.25. The van der Waals surface area contributed by atoms with Crippen molar-refractivity contribution in [1.29, 1.82) is 0 Å². The summed E-state index contributed by atoms with van der Waals surface area (Å²) in [6.07, 6.45) is 0. The minimum atomic E-state index is -0.218. The molecule has 0 saturated carbocycles. The number of carbonyl (C=O) groups is 1. The van der Waals surface area contributed by atoms with Gasteiger partial charge in [0.2, 0.25) is 0 Å². The highest BCUT2D eigenvalue weighted by molar-refractivity contribution is 9.10. The summed E-state index contributed by atoms with van der Waals surface area (Å²) in [6, 6.07) is 13.0. The van der Waals surface area contributed by atoms with E-state index < -0.39 is 0 Å². The zero-order valence-corrected chi connectivity index (χ0v) is 12.8. The molecule has 2 aliphatic rings. The zero-order chi connectivity index (χ0) is 15.3. The average Bonchev–Trinajstić information content (AvgIpc) is 3.02. The SMILES string of the molecule is O=C1Nc2cc(Br)ccc2/C1=C1/Nc2ccccc2/C1=N\O. The van der Waals surface area contributed by atoms with Crippen molar-refractivity contribution in [3.8, 4) is 0 Å². The Morgan fingerprint density at radius 2 is 1.82 bits per heavy atom. The molecule has 0 radical (unpaired) electrons. The van der Waals surface area contributed by atoms with Crippen molar-refractivity contribution in [2.75, 3.05) is 10.6 Å². The highest BCUT2D eigenvalue weighted by Crippen LogP contribution is 2.39. The smallest absolute Gasteiger partial charge is 0.258 e. The predicted molar refractivity (Wildman–Crippen MR) is 88.1 cm³/mol. The minimum Gasteiger partial charge on any atom is -0.410 e. The van der Waals surface area contributed by atoms with Crippen LogP contribution in [0.5, 0.6) is 0 Å². The van der Waals surface area contributed by atoms with Crippen LogP contribution in [0.4, 0.5) is 11.4 Å². The van der Waals surface area contributed by atoms with Gasteiger partial charge in [0.05, 0.1) is 17.0 Å². The van der Waals surface area contributed by atoms with Crippen LogP contribution >= 0.6 is 15.9 Å². The van der Waals surface area contributed by atoms with Crippen molar-refractivity contribution in [3.63, 3.8) is 0 Å². The van der Waals surface area contributed by atoms with E-state index in [1.54, 1.807) is 0 Å². The molecule has 0 bridgehead atoms. The van der Waals surface area contributed by atoms with Crippen molar-refractivity contribution in [2.24, 2.45) is 5.16 Å². The van der Waals surface area contributed by atoms with E-state index in [4.69, 9.17) is 0 Å². The maximum Gasteiger partial charge on any atom is 0.258 e. The molecular weight excluding hydrogens is 346 g/mol. The molecular formula is C16H10BrN3O2. The lowest BCUT2D eigenvalue weighted by atomic mass is 10.0. The van der Waals surface area contributed by atoms with Crippen LogP contribution in [0.25, 0.3) is 5.57 Å². The number of nitrogens with zero attached hydrogens (tertiary/aromatic N) is 1. The van der Waals surface area contributed by atoms with Crippen molar-refractivity contribution < 1.29 is 10.0 Å². The number of benzene rings is 2. The summed E-state index contributed by atoms with van der Waals surface area (Å²) in [5, 5.41) is 18.8. The van der Waals surface area contributed by atoms with Gasteiger partial charge in [-0.25, -0.2) is 0 Å². The number of fused-ring (bicyclic) bond motifs is 2. The monoisotopic (exact) mass is 355 g/mol. The number of carbonyl (C=O) groups excluding carboxylic acids is 1. The summed E-state index contributed by atoms with van der Waals surface area (Å²) in [5.74, 6) is -0.218. The highest BCUT2D eigenvalue weighted by atomic mass is 79.9. The summed E-state index contributed by atoms with van der Waals surface area (Å²) in [6.45, 7) is 0. The molecule has 4 rings (SSSR count). The Bertz CT molecular complexity index is 887. The fourth-order valence-corrected chi connectivity index (χ4v) is 3.17. The second-order valence-corrected chi connectivity index (χ2v) is 5.93. The van der Waals surface area contributed by atoms with Gasteiger partial charge in [-0.2, -0.15) is 0 Å². The number of hydrogen-bond acceptors (Lipinski definition) is 4. The number of amides is 1. The van der Waals surface area contributed by atoms with Crippen LogP contribution in [0.2, 0.25) is 0 Å². The van der Waals surface area contributed by atoms with Gasteiger partial charge in [-0.15, -0.1) is 0 Å². The number of halogens is 1. The van der Waals surface area contributed by atoms with E-state index in [1.165, 1.54) is 0 Å². The van der Waals surface area contributed by atoms with Gasteiger partial charge in [-0.05, 0) is 18.2 Å². The Hall–Kier alpha value is -2.60. The third-order valence-electron chi connectivity index (χ3n) is 3.75. The first-order valence-corrected chi connectivity index (χ1v) is 7.43. The summed E-state index contributed by atoms with van der Waals surface area (Å²) in [4.78, 5) is 12.4. The number of oxime groups is 1. The number of rotatable bonds is 0. The molecule has 1 amide bonds. The summed E-state index contributed by atoms with van der Waals surface area (Å²) >= 11 is 3.39. The minimum absolute atomic E-state index is 0.218. The maximum atomic E-state index is 12.4. The molecule has 5 nitrogen and oxygen atoms in total. The Morgan fingerprint density at radius 3 is 2.64 bits per heavy atom. The standard InChI is InChI=1S/C16H10BrN3O2/c17-8-5-6-9-12(7-8)19-16(21)13(9)15-14(20-22)10-3-1-2-4-11(10)18-15/h1-7,18,22H,(H,19,21)/b15-13-,20-14+. The second-order valence-electron chi connectivity index (χ2n) is 5.01. The molecule has 6 heteroatoms. The second kappa shape index (κ2) is 4.71. The zero-order valence-electron chi connectivity index (χ0n) is 11.2. The van der Waals surface area contributed by atoms with Gasteiger partial charge in [-0.3, -0.25) is 4.79 Å². The van der Waals surface area contributed by atoms with E-state index in [2.05, 4.69) is 31.7 Å². The third kappa shape index (κ3) is 1.77. The fourth-order valence-electron chi connectivity index (χ4n) is 2.81. The normalized spacial score (nSPS) is 20.6. The molecule has 0 spiro atoms. The molecule has 2 heterocycles. The summed E-state index contributed by atoms with van der Waals surface area (Å²) in [7, 11) is 0. The molecule has 2 aromatic carbocycles. The van der Waals surface area contributed by atoms with E-state index in [1.807, 2.05) is 42.5 Å². The fraction of sp³-hybridized carbons (Fsp3) is 0. The lowest BCUT2D eigenvalue weighted by Gasteiger charge is -2.05. The molecule has 2 aromatic rings. The number of para-hydroxylation sites is 1. The van der Waals surface area contributed by atoms with Crippen LogP contribution in [-0.4, -0.2) is 16.8 Å². The van der Waals surface area contributed by atoms with Crippen LogP contribution in [0, 0.1) is 0 Å². The number of allylic oxidation sites excluding steroid dienone is 1. The van der Waals surface area contributed by atoms with E-state index >= 15 is 0 Å². The summed E-state index contributed by atoms with van der Waals surface area (Å²) < 4.78 is 0.886. The number of hydrogen-bond donors (Lipinski definition) is 3. The quantitative estimate of drug-likeness (QED) is 0.385.